The summed E-state index contributed by atoms with van der Waals surface area (Å²) in [5.41, 5.74) is 3.04. The first kappa shape index (κ1) is 21.4. The van der Waals surface area contributed by atoms with Crippen molar-refractivity contribution in [2.24, 2.45) is 0 Å². The number of ether oxygens (including phenoxy) is 4. The van der Waals surface area contributed by atoms with Crippen LogP contribution in [-0.2, 0) is 23.7 Å². The Balaban J connectivity index is 2.01. The molecule has 2 aliphatic heterocycles. The van der Waals surface area contributed by atoms with Crippen LogP contribution in [0.2, 0.25) is 0 Å². The summed E-state index contributed by atoms with van der Waals surface area (Å²) in [6.07, 6.45) is -2.60. The van der Waals surface area contributed by atoms with E-state index in [0.717, 1.165) is 5.56 Å². The summed E-state index contributed by atoms with van der Waals surface area (Å²) in [7, 11) is 2.90. The van der Waals surface area contributed by atoms with Gasteiger partial charge in [0.2, 0.25) is 0 Å². The quantitative estimate of drug-likeness (QED) is 0.396. The van der Waals surface area contributed by atoms with E-state index in [1.807, 2.05) is 30.3 Å². The van der Waals surface area contributed by atoms with E-state index < -0.39 is 30.4 Å². The number of esters is 1. The molecule has 9 heteroatoms. The Morgan fingerprint density at radius 1 is 0.900 bits per heavy atom. The Bertz CT molecular complexity index is 892. The molecule has 9 nitrogen and oxygen atoms in total. The number of carbonyl (C=O) groups excluding carboxylic acids is 3. The van der Waals surface area contributed by atoms with Crippen LogP contribution in [-0.4, -0.2) is 64.3 Å². The van der Waals surface area contributed by atoms with Gasteiger partial charge >= 0.3 is 18.2 Å². The van der Waals surface area contributed by atoms with Gasteiger partial charge in [-0.15, -0.1) is 0 Å². The summed E-state index contributed by atoms with van der Waals surface area (Å²) >= 11 is 0. The molecule has 0 spiro atoms. The van der Waals surface area contributed by atoms with Gasteiger partial charge in [-0.2, -0.15) is 0 Å². The zero-order valence-electron chi connectivity index (χ0n) is 17.0. The Kier molecular flexibility index (Phi) is 6.73. The van der Waals surface area contributed by atoms with Gasteiger partial charge in [-0.1, -0.05) is 30.3 Å². The third-order valence-electron chi connectivity index (χ3n) is 4.84. The number of hydrogen-bond acceptors (Lipinski definition) is 7. The molecule has 2 amide bonds. The first-order valence-electron chi connectivity index (χ1n) is 9.54. The molecule has 1 aromatic carbocycles. The van der Waals surface area contributed by atoms with Crippen molar-refractivity contribution in [3.05, 3.63) is 52.6 Å². The monoisotopic (exact) mass is 416 g/mol. The second-order valence-electron chi connectivity index (χ2n) is 6.51. The van der Waals surface area contributed by atoms with Crippen molar-refractivity contribution >= 4 is 23.7 Å². The number of rotatable bonds is 7. The molecule has 30 heavy (non-hydrogen) atoms. The van der Waals surface area contributed by atoms with E-state index >= 15 is 0 Å². The van der Waals surface area contributed by atoms with E-state index in [4.69, 9.17) is 18.9 Å². The van der Waals surface area contributed by atoms with E-state index in [-0.39, 0.29) is 19.8 Å². The van der Waals surface area contributed by atoms with Gasteiger partial charge in [-0.05, 0) is 12.5 Å². The fraction of sp³-hybridized carbons (Fsp3) is 0.381. The van der Waals surface area contributed by atoms with Gasteiger partial charge in [0.25, 0.3) is 0 Å². The summed E-state index contributed by atoms with van der Waals surface area (Å²) in [5.74, 6) is -0.493. The zero-order chi connectivity index (χ0) is 21.7. The Morgan fingerprint density at radius 3 is 2.00 bits per heavy atom. The lowest BCUT2D eigenvalue weighted by Gasteiger charge is -2.22. The number of nitrogens with one attached hydrogen (secondary N) is 2. The summed E-state index contributed by atoms with van der Waals surface area (Å²) in [5, 5.41) is 4.76. The van der Waals surface area contributed by atoms with Crippen LogP contribution in [0.4, 0.5) is 9.59 Å². The van der Waals surface area contributed by atoms with Crippen LogP contribution in [0.15, 0.2) is 47.1 Å². The average Bonchev–Trinajstić information content (AvgIpc) is 3.32. The van der Waals surface area contributed by atoms with Gasteiger partial charge in [0.1, 0.15) is 25.4 Å². The molecule has 0 saturated heterocycles. The Morgan fingerprint density at radius 2 is 1.47 bits per heavy atom. The highest BCUT2D eigenvalue weighted by atomic mass is 16.6. The predicted molar refractivity (Wildman–Crippen MR) is 106 cm³/mol. The van der Waals surface area contributed by atoms with Crippen LogP contribution in [0.3, 0.4) is 0 Å². The number of amides is 2. The molecule has 0 unspecified atom stereocenters. The molecular formula is C21H24N2O7. The van der Waals surface area contributed by atoms with Gasteiger partial charge < -0.3 is 29.6 Å². The van der Waals surface area contributed by atoms with E-state index in [9.17, 15) is 14.4 Å². The van der Waals surface area contributed by atoms with Gasteiger partial charge in [0, 0.05) is 30.8 Å². The van der Waals surface area contributed by atoms with Crippen molar-refractivity contribution in [3.8, 4) is 0 Å². The smallest absolute Gasteiger partial charge is 0.407 e. The van der Waals surface area contributed by atoms with Crippen LogP contribution in [0.25, 0.3) is 5.57 Å². The Labute approximate surface area is 174 Å². The number of benzene rings is 1. The van der Waals surface area contributed by atoms with Crippen molar-refractivity contribution in [2.45, 2.75) is 19.1 Å². The normalized spacial score (nSPS) is 19.6. The first-order valence-corrected chi connectivity index (χ1v) is 9.54. The van der Waals surface area contributed by atoms with E-state index in [0.29, 0.717) is 22.3 Å². The fourth-order valence-electron chi connectivity index (χ4n) is 3.52. The number of carbonyl (C=O) groups is 3. The zero-order valence-corrected chi connectivity index (χ0v) is 17.0. The maximum absolute atomic E-state index is 12.8. The minimum atomic E-state index is -0.753. The van der Waals surface area contributed by atoms with Gasteiger partial charge in [0.05, 0.1) is 12.2 Å². The molecule has 3 rings (SSSR count). The summed E-state index contributed by atoms with van der Waals surface area (Å²) < 4.78 is 21.8. The molecule has 0 saturated carbocycles. The molecule has 2 N–H and O–H groups in total. The highest BCUT2D eigenvalue weighted by Gasteiger charge is 2.50. The second-order valence-corrected chi connectivity index (χ2v) is 6.51. The topological polar surface area (TPSA) is 112 Å². The number of alkyl carbamates (subject to hydrolysis) is 2. The molecule has 2 aliphatic rings. The van der Waals surface area contributed by atoms with Gasteiger partial charge in [0.15, 0.2) is 0 Å². The van der Waals surface area contributed by atoms with Crippen LogP contribution >= 0.6 is 0 Å². The average molecular weight is 416 g/mol. The summed E-state index contributed by atoms with van der Waals surface area (Å²) in [6, 6.07) is 9.33. The minimum Gasteiger partial charge on any atom is -0.463 e. The van der Waals surface area contributed by atoms with E-state index in [1.54, 1.807) is 6.92 Å². The lowest BCUT2D eigenvalue weighted by atomic mass is 9.83. The maximum Gasteiger partial charge on any atom is 0.407 e. The third kappa shape index (κ3) is 4.16. The van der Waals surface area contributed by atoms with E-state index in [1.165, 1.54) is 14.1 Å². The van der Waals surface area contributed by atoms with Crippen molar-refractivity contribution in [1.29, 1.82) is 0 Å². The molecule has 0 fully saturated rings. The molecule has 0 aromatic heterocycles. The van der Waals surface area contributed by atoms with Gasteiger partial charge in [-0.3, -0.25) is 0 Å². The fourth-order valence-corrected chi connectivity index (χ4v) is 3.52. The van der Waals surface area contributed by atoms with Crippen LogP contribution in [0.5, 0.6) is 0 Å². The predicted octanol–water partition coefficient (Wildman–Crippen LogP) is 1.79. The highest BCUT2D eigenvalue weighted by Crippen LogP contribution is 2.48. The van der Waals surface area contributed by atoms with Crippen LogP contribution in [0, 0.1) is 0 Å². The third-order valence-corrected chi connectivity index (χ3v) is 4.84. The molecule has 160 valence electrons. The number of fused-ring (bicyclic) bond motifs is 2. The molecule has 2 bridgehead atoms. The molecule has 1 aromatic rings. The largest absolute Gasteiger partial charge is 0.463 e. The highest BCUT2D eigenvalue weighted by molar-refractivity contribution is 6.03. The van der Waals surface area contributed by atoms with E-state index in [2.05, 4.69) is 10.6 Å². The lowest BCUT2D eigenvalue weighted by molar-refractivity contribution is -0.139. The minimum absolute atomic E-state index is 0.0697. The maximum atomic E-state index is 12.8. The molecule has 0 radical (unpaired) electrons. The Hall–Kier alpha value is -3.33. The van der Waals surface area contributed by atoms with Crippen molar-refractivity contribution in [2.75, 3.05) is 33.9 Å². The summed E-state index contributed by atoms with van der Waals surface area (Å²) in [6.45, 7) is 1.75. The molecule has 2 atom stereocenters. The molecule has 0 aliphatic carbocycles. The van der Waals surface area contributed by atoms with Crippen molar-refractivity contribution in [1.82, 2.24) is 10.6 Å². The number of hydrogen-bond donors (Lipinski definition) is 2. The summed E-state index contributed by atoms with van der Waals surface area (Å²) in [4.78, 5) is 36.0. The molecule has 2 heterocycles. The van der Waals surface area contributed by atoms with Crippen LogP contribution in [0.1, 0.15) is 12.5 Å². The molecular weight excluding hydrogens is 392 g/mol. The van der Waals surface area contributed by atoms with Crippen molar-refractivity contribution < 1.29 is 33.3 Å². The van der Waals surface area contributed by atoms with Crippen molar-refractivity contribution in [3.63, 3.8) is 0 Å². The SMILES string of the molecule is CCOC(=O)C1=C(c2ccccc2)[C@H]2O[C@@H]1C(COC(=O)NC)=C2COC(=O)NC. The second kappa shape index (κ2) is 9.45. The first-order chi connectivity index (χ1) is 14.5. The standard InChI is InChI=1S/C21H24N2O7/c1-4-27-19(24)16-15(12-8-6-5-7-9-12)17-13(10-28-20(25)22-2)14(18(16)30-17)11-29-21(26)23-3/h5-9,17-18H,4,10-11H2,1-3H3,(H,22,25)(H,23,26)/t17-,18+/m0/s1. The lowest BCUT2D eigenvalue weighted by Crippen LogP contribution is -2.28. The van der Waals surface area contributed by atoms with Crippen LogP contribution < -0.4 is 10.6 Å². The van der Waals surface area contributed by atoms with Gasteiger partial charge in [-0.25, -0.2) is 14.4 Å².